The summed E-state index contributed by atoms with van der Waals surface area (Å²) in [4.78, 5) is 2.13. The van der Waals surface area contributed by atoms with Crippen LogP contribution in [0.1, 0.15) is 0 Å². The molecule has 3 aromatic carbocycles. The summed E-state index contributed by atoms with van der Waals surface area (Å²) >= 11 is 37.2. The van der Waals surface area contributed by atoms with E-state index in [-0.39, 0.29) is 0 Å². The van der Waals surface area contributed by atoms with Gasteiger partial charge in [0.15, 0.2) is 8.83 Å². The van der Waals surface area contributed by atoms with Gasteiger partial charge in [-0.15, -0.1) is 55.4 Å². The van der Waals surface area contributed by atoms with Crippen LogP contribution in [0.25, 0.3) is 0 Å². The van der Waals surface area contributed by atoms with Crippen molar-refractivity contribution in [1.29, 1.82) is 0 Å². The summed E-state index contributed by atoms with van der Waals surface area (Å²) in [5, 5.41) is 2.90. The summed E-state index contributed by atoms with van der Waals surface area (Å²) in [6, 6.07) is 21.0. The monoisotopic (exact) mass is 553 g/mol. The molecule has 10 heteroatoms. The fourth-order valence-electron chi connectivity index (χ4n) is 2.88. The van der Waals surface area contributed by atoms with Gasteiger partial charge < -0.3 is 4.90 Å². The van der Waals surface area contributed by atoms with Crippen molar-refractivity contribution in [2.24, 2.45) is 0 Å². The Morgan fingerprint density at radius 1 is 0.621 bits per heavy atom. The quantitative estimate of drug-likeness (QED) is 0.277. The van der Waals surface area contributed by atoms with E-state index in [1.54, 1.807) is 0 Å². The molecule has 0 radical (unpaired) electrons. The zero-order valence-corrected chi connectivity index (χ0v) is 23.3. The Morgan fingerprint density at radius 3 is 1.34 bits per heavy atom. The first kappa shape index (κ1) is 23.5. The average Bonchev–Trinajstić information content (AvgIpc) is 2.68. The van der Waals surface area contributed by atoms with Gasteiger partial charge in [0.2, 0.25) is 0 Å². The van der Waals surface area contributed by atoms with Gasteiger partial charge in [-0.1, -0.05) is 36.4 Å². The van der Waals surface area contributed by atoms with Crippen molar-refractivity contribution < 1.29 is 0 Å². The second-order valence-corrected chi connectivity index (χ2v) is 24.4. The van der Waals surface area contributed by atoms with Crippen molar-refractivity contribution in [3.8, 4) is 0 Å². The normalized spacial score (nSPS) is 12.5. The molecule has 0 bridgehead atoms. The molecule has 0 aliphatic carbocycles. The molecule has 0 amide bonds. The molecule has 0 aromatic heterocycles. The molecule has 0 aliphatic rings. The van der Waals surface area contributed by atoms with Crippen LogP contribution >= 0.6 is 66.5 Å². The molecule has 0 aliphatic heterocycles. The van der Waals surface area contributed by atoms with E-state index in [1.165, 1.54) is 5.19 Å². The highest BCUT2D eigenvalue weighted by molar-refractivity contribution is 7.69. The van der Waals surface area contributed by atoms with Gasteiger partial charge in [0.05, 0.1) is 0 Å². The van der Waals surface area contributed by atoms with Crippen molar-refractivity contribution >= 4 is 121 Å². The van der Waals surface area contributed by atoms with Crippen LogP contribution in [0.2, 0.25) is 6.55 Å². The average molecular weight is 556 g/mol. The van der Waals surface area contributed by atoms with E-state index in [9.17, 15) is 0 Å². The minimum absolute atomic E-state index is 0.728. The number of hydrogen-bond acceptors (Lipinski definition) is 1. The van der Waals surface area contributed by atoms with E-state index in [2.05, 4.69) is 29.2 Å². The van der Waals surface area contributed by atoms with Gasteiger partial charge in [0.25, 0.3) is 6.69 Å². The Labute approximate surface area is 203 Å². The number of halogens is 6. The Morgan fingerprint density at radius 2 is 1.00 bits per heavy atom. The SMILES string of the molecule is C[Si](Cl)(Cl)c1ccc(N(c2ccc([SiH2]Cl)cc2)c2ccc([Si](Cl)(Cl)Cl)cc2)cc1. The van der Waals surface area contributed by atoms with Crippen LogP contribution in [0.5, 0.6) is 0 Å². The fraction of sp³-hybridized carbons (Fsp3) is 0.0526. The molecule has 0 saturated heterocycles. The lowest BCUT2D eigenvalue weighted by atomic mass is 10.2. The van der Waals surface area contributed by atoms with Gasteiger partial charge in [-0.05, 0) is 58.5 Å². The Hall–Kier alpha value is -0.149. The molecule has 0 heterocycles. The molecule has 0 fully saturated rings. The standard InChI is InChI=1S/C19H17Cl6NSi3/c1-28(21,22)18-10-4-15(5-11-18)26(14-2-8-17(27-20)9-3-14)16-6-12-19(13-7-16)29(23,24)25/h2-13H,27H2,1H3. The third-order valence-corrected chi connectivity index (χ3v) is 11.7. The number of nitrogens with zero attached hydrogens (tertiary/aromatic N) is 1. The molecule has 0 N–H and O–H groups in total. The maximum absolute atomic E-state index is 6.37. The van der Waals surface area contributed by atoms with Crippen LogP contribution in [0.4, 0.5) is 17.1 Å². The van der Waals surface area contributed by atoms with E-state index < -0.39 is 21.5 Å². The van der Waals surface area contributed by atoms with Crippen LogP contribution < -0.4 is 20.5 Å². The Balaban J connectivity index is 2.06. The summed E-state index contributed by atoms with van der Waals surface area (Å²) in [7, 11) is -0.728. The summed E-state index contributed by atoms with van der Waals surface area (Å²) in [5.41, 5.74) is 2.95. The first-order valence-corrected chi connectivity index (χ1v) is 21.1. The van der Waals surface area contributed by atoms with Crippen molar-refractivity contribution in [3.63, 3.8) is 0 Å². The predicted molar refractivity (Wildman–Crippen MR) is 141 cm³/mol. The summed E-state index contributed by atoms with van der Waals surface area (Å²) in [6.07, 6.45) is 0. The third kappa shape index (κ3) is 5.97. The number of hydrogen-bond donors (Lipinski definition) is 0. The molecule has 1 nitrogen and oxygen atoms in total. The van der Waals surface area contributed by atoms with E-state index in [1.807, 2.05) is 55.1 Å². The van der Waals surface area contributed by atoms with Gasteiger partial charge in [-0.25, -0.2) is 0 Å². The minimum atomic E-state index is -2.93. The first-order valence-electron chi connectivity index (χ1n) is 8.70. The number of rotatable bonds is 6. The molecule has 0 saturated carbocycles. The molecule has 3 rings (SSSR count). The van der Waals surface area contributed by atoms with Gasteiger partial charge in [0, 0.05) is 17.1 Å². The lowest BCUT2D eigenvalue weighted by molar-refractivity contribution is 1.29. The predicted octanol–water partition coefficient (Wildman–Crippen LogP) is 5.72. The van der Waals surface area contributed by atoms with E-state index >= 15 is 0 Å². The Bertz CT molecular complexity index is 894. The van der Waals surface area contributed by atoms with Crippen molar-refractivity contribution in [1.82, 2.24) is 0 Å². The largest absolute Gasteiger partial charge is 0.372 e. The molecule has 152 valence electrons. The Kier molecular flexibility index (Phi) is 7.74. The van der Waals surface area contributed by atoms with E-state index in [0.29, 0.717) is 0 Å². The zero-order chi connectivity index (χ0) is 21.2. The van der Waals surface area contributed by atoms with Gasteiger partial charge in [0.1, 0.15) is 0 Å². The second kappa shape index (κ2) is 9.55. The first-order chi connectivity index (χ1) is 13.6. The van der Waals surface area contributed by atoms with Gasteiger partial charge in [-0.3, -0.25) is 0 Å². The molecular weight excluding hydrogens is 539 g/mol. The molecule has 0 spiro atoms. The van der Waals surface area contributed by atoms with E-state index in [0.717, 1.165) is 27.4 Å². The van der Waals surface area contributed by atoms with Crippen molar-refractivity contribution in [2.75, 3.05) is 4.90 Å². The lowest BCUT2D eigenvalue weighted by Gasteiger charge is -2.26. The van der Waals surface area contributed by atoms with Crippen LogP contribution in [0.15, 0.2) is 72.8 Å². The zero-order valence-electron chi connectivity index (χ0n) is 15.4. The number of benzene rings is 3. The highest BCUT2D eigenvalue weighted by Gasteiger charge is 2.28. The van der Waals surface area contributed by atoms with Gasteiger partial charge >= 0.3 is 6.00 Å². The molecule has 3 aromatic rings. The highest BCUT2D eigenvalue weighted by atomic mass is 35.8. The van der Waals surface area contributed by atoms with Crippen LogP contribution in [-0.2, 0) is 0 Å². The summed E-state index contributed by atoms with van der Waals surface area (Å²) in [5.74, 6) is 0. The highest BCUT2D eigenvalue weighted by Crippen LogP contribution is 2.34. The van der Waals surface area contributed by atoms with E-state index in [4.69, 9.17) is 66.5 Å². The summed E-state index contributed by atoms with van der Waals surface area (Å²) in [6.45, 7) is -0.528. The van der Waals surface area contributed by atoms with Gasteiger partial charge in [-0.2, -0.15) is 11.1 Å². The topological polar surface area (TPSA) is 3.24 Å². The number of anilines is 3. The maximum Gasteiger partial charge on any atom is 0.372 e. The molecular formula is C19H17Cl6NSi3. The second-order valence-electron chi connectivity index (χ2n) is 6.62. The minimum Gasteiger partial charge on any atom is -0.311 e. The smallest absolute Gasteiger partial charge is 0.311 e. The molecule has 0 atom stereocenters. The van der Waals surface area contributed by atoms with Crippen molar-refractivity contribution in [3.05, 3.63) is 72.8 Å². The third-order valence-electron chi connectivity index (χ3n) is 4.43. The molecule has 29 heavy (non-hydrogen) atoms. The lowest BCUT2D eigenvalue weighted by Crippen LogP contribution is -2.32. The van der Waals surface area contributed by atoms with Crippen LogP contribution in [0, 0.1) is 0 Å². The fourth-order valence-corrected chi connectivity index (χ4v) is 7.02. The van der Waals surface area contributed by atoms with Crippen molar-refractivity contribution in [2.45, 2.75) is 6.55 Å². The maximum atomic E-state index is 6.37. The van der Waals surface area contributed by atoms with Crippen LogP contribution in [-0.4, -0.2) is 21.5 Å². The summed E-state index contributed by atoms with van der Waals surface area (Å²) < 4.78 is 0. The molecule has 0 unspecified atom stereocenters. The van der Waals surface area contributed by atoms with Crippen LogP contribution in [0.3, 0.4) is 0 Å².